The van der Waals surface area contributed by atoms with Crippen LogP contribution in [-0.4, -0.2) is 46.6 Å². The summed E-state index contributed by atoms with van der Waals surface area (Å²) in [5, 5.41) is 15.9. The van der Waals surface area contributed by atoms with Gasteiger partial charge in [-0.15, -0.1) is 0 Å². The number of para-hydroxylation sites is 1. The zero-order valence-electron chi connectivity index (χ0n) is 20.3. The van der Waals surface area contributed by atoms with Gasteiger partial charge in [0.2, 0.25) is 11.8 Å². The summed E-state index contributed by atoms with van der Waals surface area (Å²) in [6, 6.07) is 14.8. The Morgan fingerprint density at radius 3 is 2.26 bits per heavy atom. The number of benzene rings is 2. The fourth-order valence-electron chi connectivity index (χ4n) is 3.34. The van der Waals surface area contributed by atoms with Crippen molar-refractivity contribution in [3.05, 3.63) is 65.7 Å². The number of nitrogens with zero attached hydrogens (tertiary/aromatic N) is 1. The van der Waals surface area contributed by atoms with E-state index < -0.39 is 29.6 Å². The Kier molecular flexibility index (Phi) is 9.92. The summed E-state index contributed by atoms with van der Waals surface area (Å²) in [6.07, 6.45) is 0.723. The van der Waals surface area contributed by atoms with Crippen LogP contribution in [0.25, 0.3) is 0 Å². The maximum absolute atomic E-state index is 13.4. The van der Waals surface area contributed by atoms with Gasteiger partial charge in [-0.3, -0.25) is 9.59 Å². The second-order valence-electron chi connectivity index (χ2n) is 8.96. The smallest absolute Gasteiger partial charge is 0.408 e. The molecular weight excluding hydrogens is 434 g/mol. The molecule has 8 nitrogen and oxygen atoms in total. The third kappa shape index (κ3) is 8.42. The molecular formula is C26H35N3O5. The Hall–Kier alpha value is -3.55. The summed E-state index contributed by atoms with van der Waals surface area (Å²) < 4.78 is 5.21. The Balaban J connectivity index is 2.28. The Bertz CT molecular complexity index is 956. The number of unbranched alkanes of at least 4 members (excludes halogenated alkanes) is 1. The monoisotopic (exact) mass is 469 g/mol. The van der Waals surface area contributed by atoms with Gasteiger partial charge in [-0.1, -0.05) is 61.9 Å². The number of nitrogens with one attached hydrogen (secondary N) is 2. The number of carbonyl (C=O) groups is 3. The molecule has 2 aromatic rings. The minimum absolute atomic E-state index is 0.0863. The number of amides is 3. The molecule has 3 amide bonds. The SMILES string of the molecule is CCCCN(C(=O)CNC(=O)OC(C)(C)C)C(C(=O)NCc1ccccc1)c1ccccc1O. The van der Waals surface area contributed by atoms with Crippen LogP contribution in [0.15, 0.2) is 54.6 Å². The third-order valence-corrected chi connectivity index (χ3v) is 4.96. The second kappa shape index (κ2) is 12.6. The first kappa shape index (κ1) is 26.7. The van der Waals surface area contributed by atoms with Gasteiger partial charge in [0.05, 0.1) is 0 Å². The lowest BCUT2D eigenvalue weighted by Gasteiger charge is -2.32. The molecule has 184 valence electrons. The third-order valence-electron chi connectivity index (χ3n) is 4.96. The van der Waals surface area contributed by atoms with Crippen molar-refractivity contribution in [1.82, 2.24) is 15.5 Å². The highest BCUT2D eigenvalue weighted by atomic mass is 16.6. The molecule has 0 saturated heterocycles. The van der Waals surface area contributed by atoms with E-state index in [-0.39, 0.29) is 25.4 Å². The first-order valence-electron chi connectivity index (χ1n) is 11.5. The number of ether oxygens (including phenoxy) is 1. The maximum atomic E-state index is 13.4. The summed E-state index contributed by atoms with van der Waals surface area (Å²) in [7, 11) is 0. The zero-order valence-corrected chi connectivity index (χ0v) is 20.3. The van der Waals surface area contributed by atoms with Crippen LogP contribution < -0.4 is 10.6 Å². The fourth-order valence-corrected chi connectivity index (χ4v) is 3.34. The van der Waals surface area contributed by atoms with E-state index in [1.165, 1.54) is 11.0 Å². The Labute approximate surface area is 201 Å². The Morgan fingerprint density at radius 1 is 1.00 bits per heavy atom. The van der Waals surface area contributed by atoms with Crippen molar-refractivity contribution >= 4 is 17.9 Å². The number of hydrogen-bond donors (Lipinski definition) is 3. The molecule has 0 heterocycles. The molecule has 0 fully saturated rings. The quantitative estimate of drug-likeness (QED) is 0.489. The van der Waals surface area contributed by atoms with E-state index in [4.69, 9.17) is 4.74 Å². The molecule has 0 aliphatic carbocycles. The summed E-state index contributed by atoms with van der Waals surface area (Å²) in [5.41, 5.74) is 0.518. The predicted octanol–water partition coefficient (Wildman–Crippen LogP) is 3.90. The Morgan fingerprint density at radius 2 is 1.65 bits per heavy atom. The predicted molar refractivity (Wildman–Crippen MR) is 130 cm³/mol. The van der Waals surface area contributed by atoms with Gasteiger partial charge in [-0.05, 0) is 38.8 Å². The summed E-state index contributed by atoms with van der Waals surface area (Å²) in [4.78, 5) is 40.1. The van der Waals surface area contributed by atoms with Gasteiger partial charge in [0.1, 0.15) is 23.9 Å². The van der Waals surface area contributed by atoms with E-state index in [0.29, 0.717) is 12.0 Å². The average Bonchev–Trinajstić information content (AvgIpc) is 2.79. The normalized spacial score (nSPS) is 11.9. The molecule has 0 saturated carbocycles. The van der Waals surface area contributed by atoms with Crippen molar-refractivity contribution in [1.29, 1.82) is 0 Å². The highest BCUT2D eigenvalue weighted by molar-refractivity contribution is 5.90. The molecule has 0 bridgehead atoms. The van der Waals surface area contributed by atoms with Gasteiger partial charge >= 0.3 is 6.09 Å². The minimum atomic E-state index is -1.07. The molecule has 0 aromatic heterocycles. The largest absolute Gasteiger partial charge is 0.508 e. The van der Waals surface area contributed by atoms with Gasteiger partial charge in [-0.2, -0.15) is 0 Å². The number of carbonyl (C=O) groups excluding carboxylic acids is 3. The van der Waals surface area contributed by atoms with Crippen LogP contribution in [0.1, 0.15) is 57.7 Å². The van der Waals surface area contributed by atoms with Crippen LogP contribution in [0, 0.1) is 0 Å². The second-order valence-corrected chi connectivity index (χ2v) is 8.96. The van der Waals surface area contributed by atoms with Crippen LogP contribution in [0.4, 0.5) is 4.79 Å². The van der Waals surface area contributed by atoms with Crippen molar-refractivity contribution in [2.75, 3.05) is 13.1 Å². The summed E-state index contributed by atoms with van der Waals surface area (Å²) in [5.74, 6) is -0.966. The molecule has 0 radical (unpaired) electrons. The number of phenolic OH excluding ortho intramolecular Hbond substituents is 1. The molecule has 0 spiro atoms. The van der Waals surface area contributed by atoms with Gasteiger partial charge in [0, 0.05) is 18.7 Å². The average molecular weight is 470 g/mol. The molecule has 8 heteroatoms. The standard InChI is InChI=1S/C26H35N3O5/c1-5-6-16-29(22(31)18-28-25(33)34-26(2,3)4)23(20-14-10-11-15-21(20)30)24(32)27-17-19-12-8-7-9-13-19/h7-15,23,30H,5-6,16-18H2,1-4H3,(H,27,32)(H,28,33). The molecule has 1 unspecified atom stereocenters. The van der Waals surface area contributed by atoms with Gasteiger partial charge in [0.25, 0.3) is 0 Å². The van der Waals surface area contributed by atoms with E-state index in [1.807, 2.05) is 37.3 Å². The van der Waals surface area contributed by atoms with Gasteiger partial charge < -0.3 is 25.4 Å². The van der Waals surface area contributed by atoms with Crippen molar-refractivity contribution in [2.45, 2.75) is 58.7 Å². The van der Waals surface area contributed by atoms with Crippen molar-refractivity contribution < 1.29 is 24.2 Å². The zero-order chi connectivity index (χ0) is 25.1. The van der Waals surface area contributed by atoms with Crippen molar-refractivity contribution in [3.8, 4) is 5.75 Å². The molecule has 1 atom stereocenters. The highest BCUT2D eigenvalue weighted by Crippen LogP contribution is 2.29. The number of alkyl carbamates (subject to hydrolysis) is 1. The molecule has 3 N–H and O–H groups in total. The lowest BCUT2D eigenvalue weighted by molar-refractivity contribution is -0.140. The van der Waals surface area contributed by atoms with Crippen LogP contribution in [0.5, 0.6) is 5.75 Å². The molecule has 0 aliphatic heterocycles. The van der Waals surface area contributed by atoms with Crippen LogP contribution in [0.3, 0.4) is 0 Å². The fraction of sp³-hybridized carbons (Fsp3) is 0.423. The first-order chi connectivity index (χ1) is 16.1. The minimum Gasteiger partial charge on any atom is -0.508 e. The number of rotatable bonds is 10. The molecule has 34 heavy (non-hydrogen) atoms. The van der Waals surface area contributed by atoms with E-state index in [2.05, 4.69) is 10.6 Å². The topological polar surface area (TPSA) is 108 Å². The van der Waals surface area contributed by atoms with E-state index in [1.54, 1.807) is 39.0 Å². The molecule has 2 rings (SSSR count). The number of hydrogen-bond acceptors (Lipinski definition) is 5. The van der Waals surface area contributed by atoms with Gasteiger partial charge in [0.15, 0.2) is 0 Å². The summed E-state index contributed by atoms with van der Waals surface area (Å²) in [6.45, 7) is 7.38. The number of aromatic hydroxyl groups is 1. The van der Waals surface area contributed by atoms with E-state index >= 15 is 0 Å². The van der Waals surface area contributed by atoms with Crippen molar-refractivity contribution in [2.24, 2.45) is 0 Å². The molecule has 0 aliphatic rings. The lowest BCUT2D eigenvalue weighted by Crippen LogP contribution is -2.48. The van der Waals surface area contributed by atoms with Crippen molar-refractivity contribution in [3.63, 3.8) is 0 Å². The first-order valence-corrected chi connectivity index (χ1v) is 11.5. The summed E-state index contributed by atoms with van der Waals surface area (Å²) >= 11 is 0. The maximum Gasteiger partial charge on any atom is 0.408 e. The highest BCUT2D eigenvalue weighted by Gasteiger charge is 2.33. The molecule has 2 aromatic carbocycles. The van der Waals surface area contributed by atoms with E-state index in [9.17, 15) is 19.5 Å². The van der Waals surface area contributed by atoms with Crippen LogP contribution in [-0.2, 0) is 20.9 Å². The number of phenols is 1. The van der Waals surface area contributed by atoms with Gasteiger partial charge in [-0.25, -0.2) is 4.79 Å². The van der Waals surface area contributed by atoms with Crippen LogP contribution in [0.2, 0.25) is 0 Å². The van der Waals surface area contributed by atoms with E-state index in [0.717, 1.165) is 12.0 Å². The lowest BCUT2D eigenvalue weighted by atomic mass is 10.0. The van der Waals surface area contributed by atoms with Crippen LogP contribution >= 0.6 is 0 Å².